The summed E-state index contributed by atoms with van der Waals surface area (Å²) in [5, 5.41) is 13.8. The van der Waals surface area contributed by atoms with E-state index in [1.165, 1.54) is 5.56 Å². The number of hydrogen-bond acceptors (Lipinski definition) is 2. The van der Waals surface area contributed by atoms with Crippen LogP contribution >= 0.6 is 11.6 Å². The predicted molar refractivity (Wildman–Crippen MR) is 91.7 cm³/mol. The van der Waals surface area contributed by atoms with Gasteiger partial charge in [-0.25, -0.2) is 4.99 Å². The SMILES string of the molecule is N=C(N)NC(=Nc1ccc(Cl)cc1)NCCc1ccccc1. The molecule has 0 unspecified atom stereocenters. The van der Waals surface area contributed by atoms with Gasteiger partial charge in [0.05, 0.1) is 5.69 Å². The van der Waals surface area contributed by atoms with Crippen LogP contribution in [0.1, 0.15) is 5.56 Å². The molecular formula is C16H18ClN5. The summed E-state index contributed by atoms with van der Waals surface area (Å²) >= 11 is 5.85. The van der Waals surface area contributed by atoms with Crippen molar-refractivity contribution in [3.8, 4) is 0 Å². The van der Waals surface area contributed by atoms with Crippen LogP contribution in [-0.2, 0) is 6.42 Å². The summed E-state index contributed by atoms with van der Waals surface area (Å²) in [6.07, 6.45) is 0.847. The highest BCUT2D eigenvalue weighted by Crippen LogP contribution is 2.15. The van der Waals surface area contributed by atoms with Crippen LogP contribution in [0.25, 0.3) is 0 Å². The molecule has 0 aromatic heterocycles. The maximum absolute atomic E-state index is 7.35. The third-order valence-corrected chi connectivity index (χ3v) is 3.12. The van der Waals surface area contributed by atoms with E-state index in [0.717, 1.165) is 12.1 Å². The van der Waals surface area contributed by atoms with Gasteiger partial charge in [0.1, 0.15) is 0 Å². The molecule has 0 heterocycles. The molecule has 0 aliphatic carbocycles. The van der Waals surface area contributed by atoms with E-state index in [-0.39, 0.29) is 5.96 Å². The molecule has 0 spiro atoms. The number of nitrogens with one attached hydrogen (secondary N) is 3. The maximum Gasteiger partial charge on any atom is 0.203 e. The summed E-state index contributed by atoms with van der Waals surface area (Å²) in [5.41, 5.74) is 7.33. The fourth-order valence-corrected chi connectivity index (χ4v) is 1.98. The highest BCUT2D eigenvalue weighted by atomic mass is 35.5. The van der Waals surface area contributed by atoms with Crippen molar-refractivity contribution in [2.75, 3.05) is 6.54 Å². The van der Waals surface area contributed by atoms with Crippen molar-refractivity contribution in [3.05, 3.63) is 65.2 Å². The summed E-state index contributed by atoms with van der Waals surface area (Å²) < 4.78 is 0. The molecule has 2 rings (SSSR count). The van der Waals surface area contributed by atoms with Crippen molar-refractivity contribution >= 4 is 29.2 Å². The highest BCUT2D eigenvalue weighted by molar-refractivity contribution is 6.30. The van der Waals surface area contributed by atoms with Crippen LogP contribution in [0.2, 0.25) is 5.02 Å². The Hall–Kier alpha value is -2.53. The minimum Gasteiger partial charge on any atom is -0.370 e. The molecule has 2 aromatic carbocycles. The summed E-state index contributed by atoms with van der Waals surface area (Å²) in [7, 11) is 0. The van der Waals surface area contributed by atoms with Crippen molar-refractivity contribution in [2.24, 2.45) is 10.7 Å². The third-order valence-electron chi connectivity index (χ3n) is 2.87. The molecule has 0 aliphatic heterocycles. The molecule has 2 aromatic rings. The summed E-state index contributed by atoms with van der Waals surface area (Å²) in [4.78, 5) is 4.39. The van der Waals surface area contributed by atoms with Crippen LogP contribution in [0.4, 0.5) is 5.69 Å². The van der Waals surface area contributed by atoms with Gasteiger partial charge in [-0.05, 0) is 36.2 Å². The number of hydrogen-bond donors (Lipinski definition) is 4. The van der Waals surface area contributed by atoms with Gasteiger partial charge in [0, 0.05) is 11.6 Å². The summed E-state index contributed by atoms with van der Waals surface area (Å²) in [5.74, 6) is 0.269. The van der Waals surface area contributed by atoms with E-state index in [9.17, 15) is 0 Å². The molecule has 6 heteroatoms. The van der Waals surface area contributed by atoms with E-state index >= 15 is 0 Å². The quantitative estimate of drug-likeness (QED) is 0.517. The molecule has 0 fully saturated rings. The Morgan fingerprint density at radius 3 is 2.41 bits per heavy atom. The fourth-order valence-electron chi connectivity index (χ4n) is 1.85. The Labute approximate surface area is 134 Å². The Balaban J connectivity index is 1.99. The van der Waals surface area contributed by atoms with Gasteiger partial charge in [0.15, 0.2) is 5.96 Å². The number of halogens is 1. The summed E-state index contributed by atoms with van der Waals surface area (Å²) in [6.45, 7) is 0.677. The predicted octanol–water partition coefficient (Wildman–Crippen LogP) is 2.64. The number of nitrogens with two attached hydrogens (primary N) is 1. The Kier molecular flexibility index (Phi) is 5.80. The van der Waals surface area contributed by atoms with E-state index in [0.29, 0.717) is 17.5 Å². The highest BCUT2D eigenvalue weighted by Gasteiger charge is 2.01. The molecular weight excluding hydrogens is 298 g/mol. The molecule has 0 bridgehead atoms. The first-order valence-electron chi connectivity index (χ1n) is 6.86. The molecule has 22 heavy (non-hydrogen) atoms. The van der Waals surface area contributed by atoms with Gasteiger partial charge in [-0.15, -0.1) is 0 Å². The average molecular weight is 316 g/mol. The minimum atomic E-state index is -0.167. The van der Waals surface area contributed by atoms with E-state index < -0.39 is 0 Å². The van der Waals surface area contributed by atoms with Crippen molar-refractivity contribution in [3.63, 3.8) is 0 Å². The lowest BCUT2D eigenvalue weighted by Crippen LogP contribution is -2.44. The molecule has 0 atom stereocenters. The number of aliphatic imine (C=N–C) groups is 1. The van der Waals surface area contributed by atoms with Crippen molar-refractivity contribution in [2.45, 2.75) is 6.42 Å². The number of guanidine groups is 2. The third kappa shape index (κ3) is 5.46. The standard InChI is InChI=1S/C16H18ClN5/c17-13-6-8-14(9-7-13)21-16(22-15(18)19)20-11-10-12-4-2-1-3-5-12/h1-9H,10-11H2,(H5,18,19,20,21,22). The Morgan fingerprint density at radius 2 is 1.77 bits per heavy atom. The largest absolute Gasteiger partial charge is 0.370 e. The van der Waals surface area contributed by atoms with Crippen LogP contribution < -0.4 is 16.4 Å². The van der Waals surface area contributed by atoms with Gasteiger partial charge in [-0.1, -0.05) is 41.9 Å². The number of rotatable bonds is 4. The maximum atomic E-state index is 7.35. The van der Waals surface area contributed by atoms with E-state index in [1.807, 2.05) is 18.2 Å². The van der Waals surface area contributed by atoms with Crippen molar-refractivity contribution in [1.29, 1.82) is 5.41 Å². The number of nitrogens with zero attached hydrogens (tertiary/aromatic N) is 1. The second-order valence-corrected chi connectivity index (χ2v) is 5.07. The van der Waals surface area contributed by atoms with Gasteiger partial charge in [-0.3, -0.25) is 10.7 Å². The smallest absolute Gasteiger partial charge is 0.203 e. The fraction of sp³-hybridized carbons (Fsp3) is 0.125. The zero-order valence-corrected chi connectivity index (χ0v) is 12.8. The summed E-state index contributed by atoms with van der Waals surface area (Å²) in [6, 6.07) is 17.2. The van der Waals surface area contributed by atoms with Gasteiger partial charge >= 0.3 is 0 Å². The van der Waals surface area contributed by atoms with Gasteiger partial charge < -0.3 is 11.1 Å². The van der Waals surface area contributed by atoms with Crippen LogP contribution in [0.3, 0.4) is 0 Å². The lowest BCUT2D eigenvalue weighted by molar-refractivity contribution is 0.847. The zero-order valence-electron chi connectivity index (χ0n) is 12.0. The second-order valence-electron chi connectivity index (χ2n) is 4.64. The molecule has 5 N–H and O–H groups in total. The van der Waals surface area contributed by atoms with E-state index in [4.69, 9.17) is 22.7 Å². The lowest BCUT2D eigenvalue weighted by atomic mass is 10.1. The topological polar surface area (TPSA) is 86.3 Å². The molecule has 114 valence electrons. The molecule has 0 radical (unpaired) electrons. The first-order chi connectivity index (χ1) is 10.6. The van der Waals surface area contributed by atoms with Crippen molar-refractivity contribution < 1.29 is 0 Å². The Morgan fingerprint density at radius 1 is 1.09 bits per heavy atom. The molecule has 0 amide bonds. The van der Waals surface area contributed by atoms with Crippen LogP contribution in [-0.4, -0.2) is 18.5 Å². The Bertz CT molecular complexity index is 637. The van der Waals surface area contributed by atoms with Gasteiger partial charge in [0.25, 0.3) is 0 Å². The number of benzene rings is 2. The lowest BCUT2D eigenvalue weighted by Gasteiger charge is -2.11. The zero-order chi connectivity index (χ0) is 15.8. The van der Waals surface area contributed by atoms with Crippen molar-refractivity contribution in [1.82, 2.24) is 10.6 Å². The normalized spacial score (nSPS) is 11.0. The van der Waals surface area contributed by atoms with E-state index in [1.54, 1.807) is 24.3 Å². The van der Waals surface area contributed by atoms with Crippen LogP contribution in [0.15, 0.2) is 59.6 Å². The first-order valence-corrected chi connectivity index (χ1v) is 7.24. The van der Waals surface area contributed by atoms with Gasteiger partial charge in [-0.2, -0.15) is 0 Å². The van der Waals surface area contributed by atoms with Gasteiger partial charge in [0.2, 0.25) is 5.96 Å². The minimum absolute atomic E-state index is 0.167. The molecule has 0 aliphatic rings. The second kappa shape index (κ2) is 8.05. The molecule has 5 nitrogen and oxygen atoms in total. The first kappa shape index (κ1) is 15.9. The average Bonchev–Trinajstić information content (AvgIpc) is 2.50. The molecule has 0 saturated heterocycles. The van der Waals surface area contributed by atoms with Crippen LogP contribution in [0, 0.1) is 5.41 Å². The van der Waals surface area contributed by atoms with Crippen LogP contribution in [0.5, 0.6) is 0 Å². The monoisotopic (exact) mass is 315 g/mol. The van der Waals surface area contributed by atoms with E-state index in [2.05, 4.69) is 27.8 Å². The molecule has 0 saturated carbocycles.